The number of halogens is 1. The zero-order valence-electron chi connectivity index (χ0n) is 14.0. The number of aliphatic imine (C=N–C) groups is 1. The molecule has 0 saturated heterocycles. The molecule has 1 amide bonds. The van der Waals surface area contributed by atoms with Gasteiger partial charge in [0.15, 0.2) is 0 Å². The van der Waals surface area contributed by atoms with E-state index in [-0.39, 0.29) is 5.91 Å². The Balaban J connectivity index is 1.49. The molecule has 25 heavy (non-hydrogen) atoms. The summed E-state index contributed by atoms with van der Waals surface area (Å²) in [6, 6.07) is 13.8. The number of rotatable bonds is 3. The Morgan fingerprint density at radius 2 is 2.08 bits per heavy atom. The molecule has 0 saturated carbocycles. The number of hydrogen-bond acceptors (Lipinski definition) is 3. The fourth-order valence-electron chi connectivity index (χ4n) is 3.57. The van der Waals surface area contributed by atoms with E-state index in [9.17, 15) is 4.79 Å². The van der Waals surface area contributed by atoms with Crippen LogP contribution in [-0.4, -0.2) is 29.9 Å². The number of benzene rings is 2. The van der Waals surface area contributed by atoms with Crippen molar-refractivity contribution in [3.05, 3.63) is 64.2 Å². The number of fused-ring (bicyclic) bond motifs is 1. The van der Waals surface area contributed by atoms with Crippen molar-refractivity contribution in [2.75, 3.05) is 18.4 Å². The van der Waals surface area contributed by atoms with Gasteiger partial charge < -0.3 is 5.32 Å². The Hall–Kier alpha value is -2.33. The van der Waals surface area contributed by atoms with Crippen LogP contribution >= 0.6 is 11.6 Å². The van der Waals surface area contributed by atoms with Gasteiger partial charge in [-0.1, -0.05) is 35.9 Å². The molecule has 0 spiro atoms. The molecule has 128 valence electrons. The Kier molecular flexibility index (Phi) is 4.45. The van der Waals surface area contributed by atoms with Crippen molar-refractivity contribution >= 4 is 29.2 Å². The zero-order chi connectivity index (χ0) is 17.2. The number of anilines is 1. The van der Waals surface area contributed by atoms with Gasteiger partial charge in [0.2, 0.25) is 11.9 Å². The molecular weight excluding hydrogens is 334 g/mol. The van der Waals surface area contributed by atoms with Gasteiger partial charge in [0, 0.05) is 17.3 Å². The molecule has 0 bridgehead atoms. The standard InChI is InChI=1S/C20H20ClN3O/c21-16-7-1-4-14(12-16)13-19(25)24-11-10-22-20(24)23-18-9-3-6-15-5-2-8-17(15)18/h1,3-4,6-7,9,12H,2,5,8,10-11,13H2,(H,22,23). The van der Waals surface area contributed by atoms with Crippen LogP contribution in [0.2, 0.25) is 5.02 Å². The summed E-state index contributed by atoms with van der Waals surface area (Å²) in [5.74, 6) is 0.700. The Labute approximate surface area is 152 Å². The molecule has 1 N–H and O–H groups in total. The Morgan fingerprint density at radius 3 is 2.96 bits per heavy atom. The highest BCUT2D eigenvalue weighted by Crippen LogP contribution is 2.29. The van der Waals surface area contributed by atoms with E-state index in [1.807, 2.05) is 24.3 Å². The highest BCUT2D eigenvalue weighted by molar-refractivity contribution is 6.30. The van der Waals surface area contributed by atoms with E-state index >= 15 is 0 Å². The first-order valence-electron chi connectivity index (χ1n) is 8.68. The van der Waals surface area contributed by atoms with Crippen LogP contribution < -0.4 is 5.32 Å². The van der Waals surface area contributed by atoms with Crippen molar-refractivity contribution < 1.29 is 4.79 Å². The number of carbonyl (C=O) groups is 1. The highest BCUT2D eigenvalue weighted by atomic mass is 35.5. The number of carbonyl (C=O) groups excluding carboxylic acids is 1. The summed E-state index contributed by atoms with van der Waals surface area (Å²) in [6.07, 6.45) is 3.74. The minimum atomic E-state index is 0.0404. The van der Waals surface area contributed by atoms with Gasteiger partial charge in [0.05, 0.1) is 13.0 Å². The first kappa shape index (κ1) is 16.2. The predicted octanol–water partition coefficient (Wildman–Crippen LogP) is 3.68. The largest absolute Gasteiger partial charge is 0.326 e. The third kappa shape index (κ3) is 3.40. The SMILES string of the molecule is O=C(Cc1cccc(Cl)c1)N1CCN=C1Nc1cccc2c1CCC2. The molecule has 0 radical (unpaired) electrons. The number of guanidine groups is 1. The van der Waals surface area contributed by atoms with E-state index in [0.29, 0.717) is 30.5 Å². The van der Waals surface area contributed by atoms with Crippen molar-refractivity contribution in [1.29, 1.82) is 0 Å². The highest BCUT2D eigenvalue weighted by Gasteiger charge is 2.25. The zero-order valence-corrected chi connectivity index (χ0v) is 14.7. The van der Waals surface area contributed by atoms with E-state index in [4.69, 9.17) is 11.6 Å². The van der Waals surface area contributed by atoms with Crippen molar-refractivity contribution in [2.45, 2.75) is 25.7 Å². The van der Waals surface area contributed by atoms with Gasteiger partial charge in [-0.3, -0.25) is 14.7 Å². The minimum absolute atomic E-state index is 0.0404. The minimum Gasteiger partial charge on any atom is -0.326 e. The van der Waals surface area contributed by atoms with Crippen molar-refractivity contribution in [3.63, 3.8) is 0 Å². The van der Waals surface area contributed by atoms with Gasteiger partial charge in [-0.2, -0.15) is 0 Å². The summed E-state index contributed by atoms with van der Waals surface area (Å²) in [5.41, 5.74) is 4.76. The lowest BCUT2D eigenvalue weighted by atomic mass is 10.1. The van der Waals surface area contributed by atoms with E-state index in [1.54, 1.807) is 4.90 Å². The molecule has 0 aromatic heterocycles. The van der Waals surface area contributed by atoms with Gasteiger partial charge in [-0.25, -0.2) is 0 Å². The number of hydrogen-bond donors (Lipinski definition) is 1. The Bertz CT molecular complexity index is 847. The van der Waals surface area contributed by atoms with Gasteiger partial charge in [-0.05, 0) is 54.2 Å². The van der Waals surface area contributed by atoms with E-state index < -0.39 is 0 Å². The van der Waals surface area contributed by atoms with Gasteiger partial charge in [0.25, 0.3) is 0 Å². The average molecular weight is 354 g/mol. The maximum Gasteiger partial charge on any atom is 0.233 e. The summed E-state index contributed by atoms with van der Waals surface area (Å²) in [5, 5.41) is 4.05. The van der Waals surface area contributed by atoms with Crippen molar-refractivity contribution in [1.82, 2.24) is 4.90 Å². The lowest BCUT2D eigenvalue weighted by Crippen LogP contribution is -2.39. The molecule has 4 nitrogen and oxygen atoms in total. The molecule has 1 aliphatic heterocycles. The third-order valence-corrected chi connectivity index (χ3v) is 5.01. The molecular formula is C20H20ClN3O. The summed E-state index contributed by atoms with van der Waals surface area (Å²) in [6.45, 7) is 1.26. The molecule has 0 fully saturated rings. The monoisotopic (exact) mass is 353 g/mol. The lowest BCUT2D eigenvalue weighted by Gasteiger charge is -2.20. The molecule has 1 aliphatic carbocycles. The van der Waals surface area contributed by atoms with Crippen LogP contribution in [0.1, 0.15) is 23.1 Å². The molecule has 0 atom stereocenters. The fraction of sp³-hybridized carbons (Fsp3) is 0.300. The molecule has 4 rings (SSSR count). The third-order valence-electron chi connectivity index (χ3n) is 4.78. The van der Waals surface area contributed by atoms with Gasteiger partial charge in [-0.15, -0.1) is 0 Å². The maximum absolute atomic E-state index is 12.7. The summed E-state index contributed by atoms with van der Waals surface area (Å²) in [7, 11) is 0. The van der Waals surface area contributed by atoms with Crippen LogP contribution in [0.15, 0.2) is 47.5 Å². The van der Waals surface area contributed by atoms with Crippen molar-refractivity contribution in [2.24, 2.45) is 4.99 Å². The summed E-state index contributed by atoms with van der Waals surface area (Å²) in [4.78, 5) is 19.0. The normalized spacial score (nSPS) is 15.9. The molecule has 2 aromatic carbocycles. The van der Waals surface area contributed by atoms with Crippen LogP contribution in [0.5, 0.6) is 0 Å². The second kappa shape index (κ2) is 6.89. The quantitative estimate of drug-likeness (QED) is 0.914. The van der Waals surface area contributed by atoms with Crippen molar-refractivity contribution in [3.8, 4) is 0 Å². The van der Waals surface area contributed by atoms with Crippen LogP contribution in [0.25, 0.3) is 0 Å². The average Bonchev–Trinajstić information content (AvgIpc) is 3.24. The summed E-state index contributed by atoms with van der Waals surface area (Å²) >= 11 is 6.02. The van der Waals surface area contributed by atoms with E-state index in [2.05, 4.69) is 28.5 Å². The maximum atomic E-state index is 12.7. The van der Waals surface area contributed by atoms with E-state index in [0.717, 1.165) is 24.1 Å². The fourth-order valence-corrected chi connectivity index (χ4v) is 3.78. The number of nitrogens with zero attached hydrogens (tertiary/aromatic N) is 2. The van der Waals surface area contributed by atoms with Gasteiger partial charge >= 0.3 is 0 Å². The molecule has 1 heterocycles. The van der Waals surface area contributed by atoms with Crippen LogP contribution in [0.3, 0.4) is 0 Å². The topological polar surface area (TPSA) is 44.7 Å². The molecule has 2 aliphatic rings. The molecule has 2 aromatic rings. The van der Waals surface area contributed by atoms with Crippen LogP contribution in [0, 0.1) is 0 Å². The number of aryl methyl sites for hydroxylation is 1. The molecule has 5 heteroatoms. The van der Waals surface area contributed by atoms with Gasteiger partial charge in [0.1, 0.15) is 0 Å². The predicted molar refractivity (Wildman–Crippen MR) is 101 cm³/mol. The first-order valence-corrected chi connectivity index (χ1v) is 9.05. The second-order valence-electron chi connectivity index (χ2n) is 6.48. The van der Waals surface area contributed by atoms with Crippen LogP contribution in [0.4, 0.5) is 5.69 Å². The van der Waals surface area contributed by atoms with Crippen LogP contribution in [-0.2, 0) is 24.1 Å². The number of amides is 1. The first-order chi connectivity index (χ1) is 12.2. The smallest absolute Gasteiger partial charge is 0.233 e. The van der Waals surface area contributed by atoms with E-state index in [1.165, 1.54) is 17.5 Å². The Morgan fingerprint density at radius 1 is 1.20 bits per heavy atom. The number of nitrogens with one attached hydrogen (secondary N) is 1. The molecule has 0 unspecified atom stereocenters. The summed E-state index contributed by atoms with van der Waals surface area (Å²) < 4.78 is 0. The lowest BCUT2D eigenvalue weighted by molar-refractivity contribution is -0.126. The second-order valence-corrected chi connectivity index (χ2v) is 6.92.